The van der Waals surface area contributed by atoms with Crippen LogP contribution in [0.3, 0.4) is 0 Å². The molecule has 1 amide bonds. The van der Waals surface area contributed by atoms with Gasteiger partial charge in [-0.2, -0.15) is 4.98 Å². The number of amides is 1. The number of aromatic nitrogens is 3. The van der Waals surface area contributed by atoms with Crippen LogP contribution in [0.1, 0.15) is 33.5 Å². The highest BCUT2D eigenvalue weighted by Gasteiger charge is 2.20. The van der Waals surface area contributed by atoms with Crippen molar-refractivity contribution in [3.63, 3.8) is 0 Å². The van der Waals surface area contributed by atoms with Gasteiger partial charge in [0.05, 0.1) is 12.5 Å². The lowest BCUT2D eigenvalue weighted by atomic mass is 10.1. The number of pyridine rings is 1. The van der Waals surface area contributed by atoms with Crippen LogP contribution in [0.4, 0.5) is 11.6 Å². The number of benzene rings is 2. The molecule has 212 valence electrons. The van der Waals surface area contributed by atoms with Crippen LogP contribution < -0.4 is 16.2 Å². The molecule has 3 heterocycles. The summed E-state index contributed by atoms with van der Waals surface area (Å²) in [6, 6.07) is 14.5. The van der Waals surface area contributed by atoms with E-state index in [0.29, 0.717) is 11.6 Å². The van der Waals surface area contributed by atoms with Crippen LogP contribution in [0.5, 0.6) is 0 Å². The molecule has 2 aromatic carbocycles. The van der Waals surface area contributed by atoms with Crippen LogP contribution in [-0.4, -0.2) is 77.1 Å². The third kappa shape index (κ3) is 5.85. The standard InChI is InChI=1S/C31H35N7O3/c1-36-13-15-37(16-14-36)12-11-21-5-3-8-24(17-21)33-31-32-19-26-28(39)27(30(40)35-41-2)20-38(29(26)34-31)25-10-9-22-6-4-7-23(22)18-25/h3,5,8-10,17-20H,4,6-7,11-16H2,1-2H3,(H,35,40)(H,32,33,34). The Bertz CT molecular complexity index is 1640. The lowest BCUT2D eigenvalue weighted by Gasteiger charge is -2.32. The van der Waals surface area contributed by atoms with Crippen molar-refractivity contribution in [3.8, 4) is 5.69 Å². The zero-order chi connectivity index (χ0) is 28.3. The first-order valence-corrected chi connectivity index (χ1v) is 14.1. The monoisotopic (exact) mass is 553 g/mol. The summed E-state index contributed by atoms with van der Waals surface area (Å²) in [7, 11) is 3.50. The summed E-state index contributed by atoms with van der Waals surface area (Å²) in [5.74, 6) is -0.248. The molecule has 1 aliphatic carbocycles. The van der Waals surface area contributed by atoms with E-state index in [9.17, 15) is 9.59 Å². The van der Waals surface area contributed by atoms with Gasteiger partial charge >= 0.3 is 0 Å². The largest absolute Gasteiger partial charge is 0.324 e. The minimum Gasteiger partial charge on any atom is -0.324 e. The van der Waals surface area contributed by atoms with Crippen LogP contribution >= 0.6 is 0 Å². The van der Waals surface area contributed by atoms with E-state index in [-0.39, 0.29) is 10.9 Å². The zero-order valence-corrected chi connectivity index (χ0v) is 23.5. The van der Waals surface area contributed by atoms with Gasteiger partial charge in [0.1, 0.15) is 5.56 Å². The molecular weight excluding hydrogens is 518 g/mol. The second kappa shape index (κ2) is 11.8. The first kappa shape index (κ1) is 27.1. The van der Waals surface area contributed by atoms with Crippen molar-refractivity contribution in [2.24, 2.45) is 0 Å². The van der Waals surface area contributed by atoms with Crippen LogP contribution in [-0.2, 0) is 24.1 Å². The molecule has 2 N–H and O–H groups in total. The molecule has 4 aromatic rings. The number of hydroxylamine groups is 1. The summed E-state index contributed by atoms with van der Waals surface area (Å²) in [5.41, 5.74) is 7.74. The molecule has 2 aliphatic rings. The molecule has 0 spiro atoms. The Morgan fingerprint density at radius 1 is 1.05 bits per heavy atom. The van der Waals surface area contributed by atoms with E-state index in [1.165, 1.54) is 36.2 Å². The SMILES string of the molecule is CONC(=O)c1cn(-c2ccc3c(c2)CCC3)c2nc(Nc3cccc(CCN4CCN(C)CC4)c3)ncc2c1=O. The highest BCUT2D eigenvalue weighted by molar-refractivity contribution is 5.96. The van der Waals surface area contributed by atoms with Crippen molar-refractivity contribution in [1.29, 1.82) is 0 Å². The van der Waals surface area contributed by atoms with E-state index in [1.54, 1.807) is 4.57 Å². The highest BCUT2D eigenvalue weighted by atomic mass is 16.6. The number of hydrogen-bond acceptors (Lipinski definition) is 8. The fourth-order valence-electron chi connectivity index (χ4n) is 5.68. The smallest absolute Gasteiger partial charge is 0.280 e. The van der Waals surface area contributed by atoms with Crippen LogP contribution in [0, 0.1) is 0 Å². The second-order valence-corrected chi connectivity index (χ2v) is 10.8. The minimum absolute atomic E-state index is 0.0443. The zero-order valence-electron chi connectivity index (χ0n) is 23.5. The maximum Gasteiger partial charge on any atom is 0.280 e. The maximum absolute atomic E-state index is 13.3. The van der Waals surface area contributed by atoms with Gasteiger partial charge in [-0.3, -0.25) is 14.4 Å². The molecule has 0 bridgehead atoms. The number of anilines is 2. The number of nitrogens with one attached hydrogen (secondary N) is 2. The van der Waals surface area contributed by atoms with Crippen LogP contribution in [0.25, 0.3) is 16.7 Å². The van der Waals surface area contributed by atoms with E-state index in [4.69, 9.17) is 9.82 Å². The summed E-state index contributed by atoms with van der Waals surface area (Å²) < 4.78 is 1.79. The van der Waals surface area contributed by atoms with E-state index >= 15 is 0 Å². The Labute approximate surface area is 238 Å². The number of likely N-dealkylation sites (N-methyl/N-ethyl adjacent to an activating group) is 1. The van der Waals surface area contributed by atoms with Crippen LogP contribution in [0.15, 0.2) is 59.7 Å². The average molecular weight is 554 g/mol. The molecule has 0 saturated carbocycles. The van der Waals surface area contributed by atoms with Gasteiger partial charge in [0.15, 0.2) is 5.65 Å². The van der Waals surface area contributed by atoms with Gasteiger partial charge in [-0.05, 0) is 73.7 Å². The lowest BCUT2D eigenvalue weighted by Crippen LogP contribution is -2.45. The number of hydrogen-bond donors (Lipinski definition) is 2. The molecule has 0 unspecified atom stereocenters. The van der Waals surface area contributed by atoms with Gasteiger partial charge in [-0.15, -0.1) is 0 Å². The van der Waals surface area contributed by atoms with Gasteiger partial charge in [0.2, 0.25) is 11.4 Å². The summed E-state index contributed by atoms with van der Waals surface area (Å²) in [4.78, 5) is 44.9. The molecule has 10 heteroatoms. The third-order valence-corrected chi connectivity index (χ3v) is 8.04. The van der Waals surface area contributed by atoms with Crippen molar-refractivity contribution in [2.75, 3.05) is 52.2 Å². The van der Waals surface area contributed by atoms with Gasteiger partial charge in [0, 0.05) is 56.5 Å². The molecule has 6 rings (SSSR count). The van der Waals surface area contributed by atoms with Crippen molar-refractivity contribution >= 4 is 28.6 Å². The number of rotatable bonds is 8. The lowest BCUT2D eigenvalue weighted by molar-refractivity contribution is 0.0536. The Balaban J connectivity index is 1.31. The Morgan fingerprint density at radius 2 is 1.88 bits per heavy atom. The van der Waals surface area contributed by atoms with Gasteiger partial charge in [0.25, 0.3) is 5.91 Å². The van der Waals surface area contributed by atoms with Crippen molar-refractivity contribution in [3.05, 3.63) is 87.3 Å². The fraction of sp³-hybridized carbons (Fsp3) is 0.355. The summed E-state index contributed by atoms with van der Waals surface area (Å²) in [5, 5.41) is 3.57. The first-order valence-electron chi connectivity index (χ1n) is 14.1. The highest BCUT2D eigenvalue weighted by Crippen LogP contribution is 2.26. The molecule has 1 saturated heterocycles. The summed E-state index contributed by atoms with van der Waals surface area (Å²) >= 11 is 0. The first-order chi connectivity index (χ1) is 20.0. The molecule has 41 heavy (non-hydrogen) atoms. The molecule has 1 aliphatic heterocycles. The Kier molecular flexibility index (Phi) is 7.78. The number of nitrogens with zero attached hydrogens (tertiary/aromatic N) is 5. The van der Waals surface area contributed by atoms with E-state index in [0.717, 1.165) is 69.8 Å². The van der Waals surface area contributed by atoms with Crippen molar-refractivity contribution < 1.29 is 9.63 Å². The minimum atomic E-state index is -0.620. The van der Waals surface area contributed by atoms with Gasteiger partial charge < -0.3 is 19.7 Å². The van der Waals surface area contributed by atoms with Gasteiger partial charge in [-0.25, -0.2) is 10.5 Å². The fourth-order valence-corrected chi connectivity index (χ4v) is 5.68. The maximum atomic E-state index is 13.3. The van der Waals surface area contributed by atoms with E-state index < -0.39 is 11.3 Å². The van der Waals surface area contributed by atoms with E-state index in [1.807, 2.05) is 18.2 Å². The predicted octanol–water partition coefficient (Wildman–Crippen LogP) is 3.09. The molecule has 10 nitrogen and oxygen atoms in total. The summed E-state index contributed by atoms with van der Waals surface area (Å²) in [6.07, 6.45) is 7.17. The topological polar surface area (TPSA) is 105 Å². The van der Waals surface area contributed by atoms with Gasteiger partial charge in [-0.1, -0.05) is 18.2 Å². The van der Waals surface area contributed by atoms with Crippen molar-refractivity contribution in [2.45, 2.75) is 25.7 Å². The average Bonchev–Trinajstić information content (AvgIpc) is 3.46. The predicted molar refractivity (Wildman–Crippen MR) is 159 cm³/mol. The number of aryl methyl sites for hydroxylation is 2. The molecule has 0 atom stereocenters. The molecule has 1 fully saturated rings. The number of carbonyl (C=O) groups excluding carboxylic acids is 1. The number of fused-ring (bicyclic) bond motifs is 2. The van der Waals surface area contributed by atoms with E-state index in [2.05, 4.69) is 56.9 Å². The summed E-state index contributed by atoms with van der Waals surface area (Å²) in [6.45, 7) is 5.43. The normalized spacial score (nSPS) is 15.7. The van der Waals surface area contributed by atoms with Crippen LogP contribution in [0.2, 0.25) is 0 Å². The Morgan fingerprint density at radius 3 is 2.71 bits per heavy atom. The number of carbonyl (C=O) groups is 1. The third-order valence-electron chi connectivity index (χ3n) is 8.04. The molecule has 2 aromatic heterocycles. The molecular formula is C31H35N7O3. The van der Waals surface area contributed by atoms with Crippen molar-refractivity contribution in [1.82, 2.24) is 29.8 Å². The number of piperazine rings is 1. The Hall–Kier alpha value is -4.12. The second-order valence-electron chi connectivity index (χ2n) is 10.8. The quantitative estimate of drug-likeness (QED) is 0.321. The molecule has 0 radical (unpaired) electrons.